The minimum atomic E-state index is -1.14. The zero-order chi connectivity index (χ0) is 8.43. The molecule has 1 saturated heterocycles. The van der Waals surface area contributed by atoms with Gasteiger partial charge in [0, 0.05) is 13.1 Å². The van der Waals surface area contributed by atoms with Crippen LogP contribution in [0, 0.1) is 5.92 Å². The molecule has 5 heteroatoms. The fourth-order valence-electron chi connectivity index (χ4n) is 1.13. The molecule has 0 aromatic rings. The van der Waals surface area contributed by atoms with Crippen LogP contribution < -0.4 is 5.32 Å². The molecule has 2 unspecified atom stereocenters. The number of aliphatic hydroxyl groups excluding tert-OH is 2. The van der Waals surface area contributed by atoms with E-state index in [1.54, 1.807) is 0 Å². The summed E-state index contributed by atoms with van der Waals surface area (Å²) in [6.45, 7) is 0.471. The van der Waals surface area contributed by atoms with Crippen molar-refractivity contribution < 1.29 is 20.1 Å². The Kier molecular flexibility index (Phi) is 2.43. The van der Waals surface area contributed by atoms with Gasteiger partial charge in [-0.15, -0.1) is 0 Å². The Bertz CT molecular complexity index is 161. The lowest BCUT2D eigenvalue weighted by atomic mass is 9.94. The molecule has 0 saturated carbocycles. The summed E-state index contributed by atoms with van der Waals surface area (Å²) in [6, 6.07) is 0. The zero-order valence-corrected chi connectivity index (χ0v) is 5.90. The first-order valence-corrected chi connectivity index (χ1v) is 3.42. The number of hydrogen-bond acceptors (Lipinski definition) is 4. The van der Waals surface area contributed by atoms with Crippen molar-refractivity contribution >= 4 is 5.97 Å². The van der Waals surface area contributed by atoms with Gasteiger partial charge in [-0.05, 0) is 0 Å². The Hall–Kier alpha value is -0.650. The van der Waals surface area contributed by atoms with E-state index in [2.05, 4.69) is 5.32 Å². The average molecular weight is 161 g/mol. The molecule has 1 rings (SSSR count). The van der Waals surface area contributed by atoms with Gasteiger partial charge in [0.1, 0.15) is 0 Å². The highest BCUT2D eigenvalue weighted by Crippen LogP contribution is 2.11. The molecule has 64 valence electrons. The maximum Gasteiger partial charge on any atom is 0.310 e. The van der Waals surface area contributed by atoms with E-state index in [9.17, 15) is 4.79 Å². The van der Waals surface area contributed by atoms with Crippen molar-refractivity contribution in [1.82, 2.24) is 5.32 Å². The summed E-state index contributed by atoms with van der Waals surface area (Å²) < 4.78 is 0. The fraction of sp³-hybridized carbons (Fsp3) is 0.833. The monoisotopic (exact) mass is 161 g/mol. The van der Waals surface area contributed by atoms with Gasteiger partial charge in [0.05, 0.1) is 18.1 Å². The van der Waals surface area contributed by atoms with Crippen molar-refractivity contribution in [3.05, 3.63) is 0 Å². The molecule has 11 heavy (non-hydrogen) atoms. The van der Waals surface area contributed by atoms with Crippen LogP contribution in [0.5, 0.6) is 0 Å². The minimum absolute atomic E-state index is 0.216. The van der Waals surface area contributed by atoms with Gasteiger partial charge in [0.15, 0.2) is 0 Å². The first-order valence-electron chi connectivity index (χ1n) is 3.42. The third kappa shape index (κ3) is 1.68. The van der Waals surface area contributed by atoms with E-state index in [1.807, 2.05) is 0 Å². The fourth-order valence-corrected chi connectivity index (χ4v) is 1.13. The number of hydrogen-bond donors (Lipinski definition) is 4. The summed E-state index contributed by atoms with van der Waals surface area (Å²) in [7, 11) is 0. The summed E-state index contributed by atoms with van der Waals surface area (Å²) in [5.41, 5.74) is 0. The van der Waals surface area contributed by atoms with Gasteiger partial charge >= 0.3 is 5.97 Å². The van der Waals surface area contributed by atoms with Gasteiger partial charge in [-0.3, -0.25) is 4.79 Å². The van der Waals surface area contributed by atoms with Crippen molar-refractivity contribution in [1.29, 1.82) is 0 Å². The van der Waals surface area contributed by atoms with Gasteiger partial charge in [-0.1, -0.05) is 0 Å². The van der Waals surface area contributed by atoms with Crippen LogP contribution >= 0.6 is 0 Å². The summed E-state index contributed by atoms with van der Waals surface area (Å²) in [6.07, 6.45) is -2.11. The van der Waals surface area contributed by atoms with Gasteiger partial charge in [0.2, 0.25) is 0 Å². The molecule has 0 aliphatic carbocycles. The van der Waals surface area contributed by atoms with Crippen LogP contribution in [0.1, 0.15) is 0 Å². The SMILES string of the molecule is O=C(O)C1CNCC(O)[C@@H]1O. The smallest absolute Gasteiger partial charge is 0.310 e. The van der Waals surface area contributed by atoms with Crippen molar-refractivity contribution in [3.8, 4) is 0 Å². The Balaban J connectivity index is 2.58. The molecule has 0 spiro atoms. The molecule has 4 N–H and O–H groups in total. The number of rotatable bonds is 1. The molecule has 5 nitrogen and oxygen atoms in total. The normalized spacial score (nSPS) is 38.5. The Morgan fingerprint density at radius 1 is 1.36 bits per heavy atom. The standard InChI is InChI=1S/C6H11NO4/c8-4-2-7-1-3(5(4)9)6(10)11/h3-5,7-9H,1-2H2,(H,10,11)/t3?,4?,5-/m1/s1. The quantitative estimate of drug-likeness (QED) is 0.357. The predicted molar refractivity (Wildman–Crippen MR) is 36.0 cm³/mol. The van der Waals surface area contributed by atoms with Crippen molar-refractivity contribution in [3.63, 3.8) is 0 Å². The molecule has 0 bridgehead atoms. The van der Waals surface area contributed by atoms with E-state index in [0.29, 0.717) is 0 Å². The molecular weight excluding hydrogens is 150 g/mol. The third-order valence-corrected chi connectivity index (χ3v) is 1.84. The van der Waals surface area contributed by atoms with Gasteiger partial charge in [0.25, 0.3) is 0 Å². The number of piperidine rings is 1. The molecule has 0 amide bonds. The van der Waals surface area contributed by atoms with Crippen molar-refractivity contribution in [2.45, 2.75) is 12.2 Å². The maximum atomic E-state index is 10.4. The predicted octanol–water partition coefficient (Wildman–Crippen LogP) is -1.99. The second-order valence-electron chi connectivity index (χ2n) is 2.66. The average Bonchev–Trinajstić information content (AvgIpc) is 1.94. The van der Waals surface area contributed by atoms with Crippen LogP contribution in [0.3, 0.4) is 0 Å². The summed E-state index contributed by atoms with van der Waals surface area (Å²) in [4.78, 5) is 10.4. The topological polar surface area (TPSA) is 89.8 Å². The maximum absolute atomic E-state index is 10.4. The van der Waals surface area contributed by atoms with Crippen LogP contribution in [-0.4, -0.2) is 46.6 Å². The van der Waals surface area contributed by atoms with E-state index in [1.165, 1.54) is 0 Å². The molecule has 1 aliphatic heterocycles. The number of nitrogens with one attached hydrogen (secondary N) is 1. The number of carboxylic acid groups (broad SMARTS) is 1. The lowest BCUT2D eigenvalue weighted by Gasteiger charge is -2.29. The highest BCUT2D eigenvalue weighted by molar-refractivity contribution is 5.71. The second kappa shape index (κ2) is 3.17. The van der Waals surface area contributed by atoms with E-state index < -0.39 is 24.1 Å². The van der Waals surface area contributed by atoms with E-state index in [-0.39, 0.29) is 13.1 Å². The number of carboxylic acids is 1. The van der Waals surface area contributed by atoms with Gasteiger partial charge < -0.3 is 20.6 Å². The third-order valence-electron chi connectivity index (χ3n) is 1.84. The Morgan fingerprint density at radius 3 is 2.45 bits per heavy atom. The van der Waals surface area contributed by atoms with Crippen molar-refractivity contribution in [2.75, 3.05) is 13.1 Å². The lowest BCUT2D eigenvalue weighted by Crippen LogP contribution is -2.52. The van der Waals surface area contributed by atoms with Crippen LogP contribution in [0.2, 0.25) is 0 Å². The van der Waals surface area contributed by atoms with Crippen molar-refractivity contribution in [2.24, 2.45) is 5.92 Å². The van der Waals surface area contributed by atoms with Gasteiger partial charge in [-0.25, -0.2) is 0 Å². The summed E-state index contributed by atoms with van der Waals surface area (Å²) in [5, 5.41) is 29.4. The second-order valence-corrected chi connectivity index (χ2v) is 2.66. The molecule has 1 heterocycles. The van der Waals surface area contributed by atoms with Crippen LogP contribution in [0.4, 0.5) is 0 Å². The van der Waals surface area contributed by atoms with Crippen LogP contribution in [-0.2, 0) is 4.79 Å². The minimum Gasteiger partial charge on any atom is -0.481 e. The largest absolute Gasteiger partial charge is 0.481 e. The van der Waals surface area contributed by atoms with E-state index in [4.69, 9.17) is 15.3 Å². The molecule has 1 aliphatic rings. The Morgan fingerprint density at radius 2 is 2.00 bits per heavy atom. The number of aliphatic hydroxyl groups is 2. The number of aliphatic carboxylic acids is 1. The molecule has 0 radical (unpaired) electrons. The molecule has 0 aromatic carbocycles. The first kappa shape index (κ1) is 8.45. The summed E-state index contributed by atoms with van der Waals surface area (Å²) >= 11 is 0. The molecule has 0 aromatic heterocycles. The highest BCUT2D eigenvalue weighted by Gasteiger charge is 2.34. The molecule has 1 fully saturated rings. The van der Waals surface area contributed by atoms with Gasteiger partial charge in [-0.2, -0.15) is 0 Å². The zero-order valence-electron chi connectivity index (χ0n) is 5.90. The first-order chi connectivity index (χ1) is 5.13. The number of β-amino-alcohol motifs (C(OH)–C–C–N with tert-alkyl or cyclic N) is 1. The van der Waals surface area contributed by atoms with Crippen LogP contribution in [0.25, 0.3) is 0 Å². The molecule has 3 atom stereocenters. The highest BCUT2D eigenvalue weighted by atomic mass is 16.4. The molecular formula is C6H11NO4. The lowest BCUT2D eigenvalue weighted by molar-refractivity contribution is -0.150. The summed E-state index contributed by atoms with van der Waals surface area (Å²) in [5.74, 6) is -1.97. The van der Waals surface area contributed by atoms with Crippen LogP contribution in [0.15, 0.2) is 0 Å². The Labute approximate surface area is 63.7 Å². The van der Waals surface area contributed by atoms with E-state index in [0.717, 1.165) is 0 Å². The van der Waals surface area contributed by atoms with E-state index >= 15 is 0 Å². The number of carbonyl (C=O) groups is 1.